The molecule has 3 aromatic rings. The second-order valence-electron chi connectivity index (χ2n) is 7.76. The highest BCUT2D eigenvalue weighted by atomic mass is 16.5. The maximum Gasteiger partial charge on any atom is 0.230 e. The van der Waals surface area contributed by atoms with Crippen molar-refractivity contribution >= 4 is 17.5 Å². The monoisotopic (exact) mass is 411 g/mol. The molecule has 0 aliphatic carbocycles. The molecule has 1 aromatic carbocycles. The summed E-state index contributed by atoms with van der Waals surface area (Å²) in [5, 5.41) is 4.58. The molecule has 0 atom stereocenters. The topological polar surface area (TPSA) is 94.0 Å². The van der Waals surface area contributed by atoms with Crippen LogP contribution < -0.4 is 20.1 Å². The van der Waals surface area contributed by atoms with Gasteiger partial charge < -0.3 is 20.1 Å². The lowest BCUT2D eigenvalue weighted by Crippen LogP contribution is -2.49. The van der Waals surface area contributed by atoms with E-state index in [2.05, 4.69) is 33.7 Å². The Labute approximate surface area is 176 Å². The number of hydrogen-bond acceptors (Lipinski definition) is 8. The highest BCUT2D eigenvalue weighted by molar-refractivity contribution is 5.82. The first kappa shape index (κ1) is 20.2. The maximum absolute atomic E-state index is 6.27. The molecule has 2 N–H and O–H groups in total. The molecule has 1 aliphatic heterocycles. The molecule has 0 unspecified atom stereocenters. The second-order valence-corrected chi connectivity index (χ2v) is 7.76. The molecule has 1 aliphatic rings. The van der Waals surface area contributed by atoms with Crippen molar-refractivity contribution in [3.8, 4) is 22.6 Å². The van der Waals surface area contributed by atoms with Gasteiger partial charge >= 0.3 is 0 Å². The fraction of sp³-hybridized carbons (Fsp3) is 0.476. The number of nitrogen functional groups attached to an aromatic ring is 1. The van der Waals surface area contributed by atoms with Crippen LogP contribution in [0.1, 0.15) is 19.5 Å². The highest BCUT2D eigenvalue weighted by Crippen LogP contribution is 2.35. The fourth-order valence-corrected chi connectivity index (χ4v) is 3.96. The third-order valence-electron chi connectivity index (χ3n) is 5.67. The quantitative estimate of drug-likeness (QED) is 0.683. The number of nitrogens with zero attached hydrogens (tertiary/aromatic N) is 6. The van der Waals surface area contributed by atoms with E-state index in [4.69, 9.17) is 20.2 Å². The Morgan fingerprint density at radius 2 is 1.70 bits per heavy atom. The van der Waals surface area contributed by atoms with Gasteiger partial charge in [-0.2, -0.15) is 19.6 Å². The van der Waals surface area contributed by atoms with Gasteiger partial charge in [0.25, 0.3) is 0 Å². The number of aromatic nitrogens is 4. The maximum atomic E-state index is 6.27. The molecule has 160 valence electrons. The molecule has 9 nitrogen and oxygen atoms in total. The van der Waals surface area contributed by atoms with Crippen molar-refractivity contribution in [2.24, 2.45) is 0 Å². The van der Waals surface area contributed by atoms with E-state index < -0.39 is 0 Å². The lowest BCUT2D eigenvalue weighted by Gasteiger charge is -2.36. The van der Waals surface area contributed by atoms with Crippen LogP contribution >= 0.6 is 0 Å². The number of rotatable bonds is 5. The van der Waals surface area contributed by atoms with Crippen LogP contribution in [0.4, 0.5) is 11.9 Å². The van der Waals surface area contributed by atoms with Gasteiger partial charge in [0.2, 0.25) is 11.9 Å². The smallest absolute Gasteiger partial charge is 0.230 e. The first-order chi connectivity index (χ1) is 14.4. The zero-order chi connectivity index (χ0) is 21.4. The third kappa shape index (κ3) is 3.49. The Kier molecular flexibility index (Phi) is 5.38. The van der Waals surface area contributed by atoms with Gasteiger partial charge in [0.05, 0.1) is 19.9 Å². The van der Waals surface area contributed by atoms with Crippen LogP contribution in [0.25, 0.3) is 16.8 Å². The Balaban J connectivity index is 1.76. The van der Waals surface area contributed by atoms with Gasteiger partial charge in [-0.3, -0.25) is 4.90 Å². The summed E-state index contributed by atoms with van der Waals surface area (Å²) in [6.45, 7) is 10.1. The van der Waals surface area contributed by atoms with Crippen molar-refractivity contribution in [1.29, 1.82) is 0 Å². The number of methoxy groups -OCH3 is 2. The summed E-state index contributed by atoms with van der Waals surface area (Å²) < 4.78 is 12.4. The van der Waals surface area contributed by atoms with E-state index in [1.54, 1.807) is 18.7 Å². The Morgan fingerprint density at radius 1 is 1.00 bits per heavy atom. The number of aryl methyl sites for hydroxylation is 1. The molecule has 0 bridgehead atoms. The van der Waals surface area contributed by atoms with Gasteiger partial charge in [-0.25, -0.2) is 0 Å². The van der Waals surface area contributed by atoms with Gasteiger partial charge in [0.15, 0.2) is 17.1 Å². The number of ether oxygens (including phenoxy) is 2. The van der Waals surface area contributed by atoms with E-state index in [9.17, 15) is 0 Å². The number of benzene rings is 1. The molecule has 0 amide bonds. The Bertz CT molecular complexity index is 1060. The fourth-order valence-electron chi connectivity index (χ4n) is 3.96. The van der Waals surface area contributed by atoms with Crippen molar-refractivity contribution in [1.82, 2.24) is 24.5 Å². The minimum absolute atomic E-state index is 0.330. The van der Waals surface area contributed by atoms with E-state index in [0.29, 0.717) is 35.1 Å². The first-order valence-electron chi connectivity index (χ1n) is 10.2. The average molecular weight is 412 g/mol. The zero-order valence-corrected chi connectivity index (χ0v) is 18.2. The highest BCUT2D eigenvalue weighted by Gasteiger charge is 2.24. The van der Waals surface area contributed by atoms with E-state index in [1.807, 2.05) is 25.1 Å². The summed E-state index contributed by atoms with van der Waals surface area (Å²) >= 11 is 0. The number of anilines is 2. The van der Waals surface area contributed by atoms with Crippen LogP contribution in [0.3, 0.4) is 0 Å². The zero-order valence-electron chi connectivity index (χ0n) is 18.2. The van der Waals surface area contributed by atoms with Gasteiger partial charge in [-0.05, 0) is 38.5 Å². The molecule has 30 heavy (non-hydrogen) atoms. The minimum Gasteiger partial charge on any atom is -0.493 e. The SMILES string of the molecule is COc1ccc(-c2c(C)nn3c(N)nc(N4CCN(C(C)C)CC4)nc23)cc1OC. The van der Waals surface area contributed by atoms with Crippen LogP contribution in [-0.4, -0.2) is 70.9 Å². The molecular formula is C21H29N7O2. The van der Waals surface area contributed by atoms with Gasteiger partial charge in [0.1, 0.15) is 0 Å². The van der Waals surface area contributed by atoms with Crippen molar-refractivity contribution in [2.75, 3.05) is 51.0 Å². The molecule has 4 rings (SSSR count). The van der Waals surface area contributed by atoms with Gasteiger partial charge in [0, 0.05) is 37.8 Å². The number of fused-ring (bicyclic) bond motifs is 1. The third-order valence-corrected chi connectivity index (χ3v) is 5.67. The first-order valence-corrected chi connectivity index (χ1v) is 10.2. The second kappa shape index (κ2) is 7.98. The van der Waals surface area contributed by atoms with Crippen LogP contribution in [-0.2, 0) is 0 Å². The molecule has 1 fully saturated rings. The molecule has 9 heteroatoms. The molecule has 0 radical (unpaired) electrons. The van der Waals surface area contributed by atoms with Crippen molar-refractivity contribution < 1.29 is 9.47 Å². The Morgan fingerprint density at radius 3 is 2.33 bits per heavy atom. The summed E-state index contributed by atoms with van der Waals surface area (Å²) in [5.74, 6) is 2.30. The molecule has 3 heterocycles. The Hall–Kier alpha value is -3.07. The largest absolute Gasteiger partial charge is 0.493 e. The van der Waals surface area contributed by atoms with Crippen molar-refractivity contribution in [2.45, 2.75) is 26.8 Å². The van der Waals surface area contributed by atoms with Crippen LogP contribution in [0, 0.1) is 6.92 Å². The van der Waals surface area contributed by atoms with Crippen molar-refractivity contribution in [3.63, 3.8) is 0 Å². The number of piperazine rings is 1. The molecule has 2 aromatic heterocycles. The molecule has 0 saturated carbocycles. The van der Waals surface area contributed by atoms with Gasteiger partial charge in [-0.1, -0.05) is 6.07 Å². The lowest BCUT2D eigenvalue weighted by atomic mass is 10.1. The molecule has 0 spiro atoms. The van der Waals surface area contributed by atoms with E-state index >= 15 is 0 Å². The summed E-state index contributed by atoms with van der Waals surface area (Å²) in [6.07, 6.45) is 0. The van der Waals surface area contributed by atoms with Crippen LogP contribution in [0.5, 0.6) is 11.5 Å². The van der Waals surface area contributed by atoms with Crippen LogP contribution in [0.2, 0.25) is 0 Å². The summed E-state index contributed by atoms with van der Waals surface area (Å²) in [5.41, 5.74) is 9.63. The average Bonchev–Trinajstić information content (AvgIpc) is 3.09. The summed E-state index contributed by atoms with van der Waals surface area (Å²) in [4.78, 5) is 14.0. The predicted molar refractivity (Wildman–Crippen MR) is 117 cm³/mol. The van der Waals surface area contributed by atoms with E-state index in [0.717, 1.165) is 43.0 Å². The molecular weight excluding hydrogens is 382 g/mol. The van der Waals surface area contributed by atoms with Crippen molar-refractivity contribution in [3.05, 3.63) is 23.9 Å². The minimum atomic E-state index is 0.330. The number of hydrogen-bond donors (Lipinski definition) is 1. The molecule has 1 saturated heterocycles. The van der Waals surface area contributed by atoms with Crippen LogP contribution in [0.15, 0.2) is 18.2 Å². The number of nitrogens with two attached hydrogens (primary N) is 1. The van der Waals surface area contributed by atoms with Gasteiger partial charge in [-0.15, -0.1) is 0 Å². The standard InChI is InChI=1S/C21H29N7O2/c1-13(2)26-8-10-27(11-9-26)21-23-19-18(14(3)25-28(19)20(22)24-21)15-6-7-16(29-4)17(12-15)30-5/h6-7,12-13H,8-11H2,1-5H3,(H2,22,23,24). The van der Waals surface area contributed by atoms with E-state index in [-0.39, 0.29) is 0 Å². The normalized spacial score (nSPS) is 15.2. The summed E-state index contributed by atoms with van der Waals surface area (Å²) in [7, 11) is 3.25. The lowest BCUT2D eigenvalue weighted by molar-refractivity contribution is 0.208. The predicted octanol–water partition coefficient (Wildman–Crippen LogP) is 2.23. The van der Waals surface area contributed by atoms with E-state index in [1.165, 1.54) is 0 Å². The summed E-state index contributed by atoms with van der Waals surface area (Å²) in [6, 6.07) is 6.33.